The van der Waals surface area contributed by atoms with Crippen molar-refractivity contribution in [2.45, 2.75) is 52.5 Å². The lowest BCUT2D eigenvalue weighted by Gasteiger charge is -2.12. The second kappa shape index (κ2) is 8.25. The average Bonchev–Trinajstić information content (AvgIpc) is 2.95. The van der Waals surface area contributed by atoms with E-state index in [2.05, 4.69) is 60.6 Å². The van der Waals surface area contributed by atoms with Gasteiger partial charge < -0.3 is 5.32 Å². The van der Waals surface area contributed by atoms with Gasteiger partial charge in [-0.1, -0.05) is 55.0 Å². The highest BCUT2D eigenvalue weighted by Crippen LogP contribution is 2.22. The molecule has 0 radical (unpaired) electrons. The molecule has 0 amide bonds. The highest BCUT2D eigenvalue weighted by atomic mass is 32.1. The Kier molecular flexibility index (Phi) is 6.33. The van der Waals surface area contributed by atoms with Gasteiger partial charge in [0.2, 0.25) is 0 Å². The molecule has 1 aromatic carbocycles. The molecule has 0 saturated carbocycles. The molecule has 114 valence electrons. The standard InChI is InChI=1S/C17H25N3S/c1-4-11-18-15(5-2)17-20-19-16(21-17)10-9-14-8-6-7-13(3)12-14/h6-8,12,15,18H,4-5,9-11H2,1-3H3. The number of rotatable bonds is 8. The van der Waals surface area contributed by atoms with Gasteiger partial charge >= 0.3 is 0 Å². The Morgan fingerprint density at radius 1 is 1.19 bits per heavy atom. The lowest BCUT2D eigenvalue weighted by atomic mass is 10.1. The lowest BCUT2D eigenvalue weighted by molar-refractivity contribution is 0.512. The zero-order valence-electron chi connectivity index (χ0n) is 13.2. The Balaban J connectivity index is 1.93. The van der Waals surface area contributed by atoms with E-state index in [1.807, 2.05) is 0 Å². The summed E-state index contributed by atoms with van der Waals surface area (Å²) in [5.74, 6) is 0. The summed E-state index contributed by atoms with van der Waals surface area (Å²) in [6.45, 7) is 7.56. The third kappa shape index (κ3) is 4.90. The van der Waals surface area contributed by atoms with Crippen LogP contribution in [0.3, 0.4) is 0 Å². The SMILES string of the molecule is CCCNC(CC)c1nnc(CCc2cccc(C)c2)s1. The van der Waals surface area contributed by atoms with Crippen LogP contribution < -0.4 is 5.32 Å². The summed E-state index contributed by atoms with van der Waals surface area (Å²) in [5.41, 5.74) is 2.70. The maximum absolute atomic E-state index is 4.38. The smallest absolute Gasteiger partial charge is 0.134 e. The van der Waals surface area contributed by atoms with E-state index in [-0.39, 0.29) is 0 Å². The van der Waals surface area contributed by atoms with Gasteiger partial charge in [0.15, 0.2) is 0 Å². The van der Waals surface area contributed by atoms with Crippen LogP contribution in [-0.4, -0.2) is 16.7 Å². The monoisotopic (exact) mass is 303 g/mol. The summed E-state index contributed by atoms with van der Waals surface area (Å²) in [5, 5.41) is 14.5. The van der Waals surface area contributed by atoms with Gasteiger partial charge in [0.25, 0.3) is 0 Å². The number of aryl methyl sites for hydroxylation is 3. The van der Waals surface area contributed by atoms with Gasteiger partial charge in [-0.15, -0.1) is 10.2 Å². The van der Waals surface area contributed by atoms with E-state index >= 15 is 0 Å². The van der Waals surface area contributed by atoms with Crippen LogP contribution in [0.25, 0.3) is 0 Å². The molecule has 1 aromatic heterocycles. The highest BCUT2D eigenvalue weighted by molar-refractivity contribution is 7.11. The molecule has 1 atom stereocenters. The van der Waals surface area contributed by atoms with E-state index in [1.165, 1.54) is 11.1 Å². The summed E-state index contributed by atoms with van der Waals surface area (Å²) in [7, 11) is 0. The third-order valence-corrected chi connectivity index (χ3v) is 4.64. The summed E-state index contributed by atoms with van der Waals surface area (Å²) >= 11 is 1.75. The minimum atomic E-state index is 0.357. The summed E-state index contributed by atoms with van der Waals surface area (Å²) in [4.78, 5) is 0. The number of nitrogens with one attached hydrogen (secondary N) is 1. The van der Waals surface area contributed by atoms with Crippen molar-refractivity contribution in [2.75, 3.05) is 6.54 Å². The molecule has 2 aromatic rings. The van der Waals surface area contributed by atoms with Crippen LogP contribution in [0.15, 0.2) is 24.3 Å². The maximum Gasteiger partial charge on any atom is 0.134 e. The molecular weight excluding hydrogens is 278 g/mol. The predicted molar refractivity (Wildman–Crippen MR) is 89.8 cm³/mol. The van der Waals surface area contributed by atoms with Gasteiger partial charge in [-0.2, -0.15) is 0 Å². The summed E-state index contributed by atoms with van der Waals surface area (Å²) in [6, 6.07) is 9.05. The Labute approximate surface area is 131 Å². The van der Waals surface area contributed by atoms with Crippen molar-refractivity contribution < 1.29 is 0 Å². The summed E-state index contributed by atoms with van der Waals surface area (Å²) in [6.07, 6.45) is 4.23. The highest BCUT2D eigenvalue weighted by Gasteiger charge is 2.14. The number of aromatic nitrogens is 2. The van der Waals surface area contributed by atoms with Crippen LogP contribution in [0.4, 0.5) is 0 Å². The van der Waals surface area contributed by atoms with E-state index in [1.54, 1.807) is 11.3 Å². The van der Waals surface area contributed by atoms with Crippen molar-refractivity contribution in [1.29, 1.82) is 0 Å². The molecule has 0 saturated heterocycles. The molecular formula is C17H25N3S. The van der Waals surface area contributed by atoms with Crippen LogP contribution in [0.1, 0.15) is 53.9 Å². The summed E-state index contributed by atoms with van der Waals surface area (Å²) < 4.78 is 0. The zero-order chi connectivity index (χ0) is 15.1. The molecule has 0 aliphatic rings. The second-order valence-corrected chi connectivity index (χ2v) is 6.53. The largest absolute Gasteiger partial charge is 0.308 e. The first-order valence-corrected chi connectivity index (χ1v) is 8.65. The van der Waals surface area contributed by atoms with Crippen LogP contribution in [0, 0.1) is 6.92 Å². The van der Waals surface area contributed by atoms with Gasteiger partial charge in [0.05, 0.1) is 6.04 Å². The Morgan fingerprint density at radius 2 is 2.05 bits per heavy atom. The molecule has 0 spiro atoms. The molecule has 1 heterocycles. The molecule has 2 rings (SSSR count). The molecule has 1 unspecified atom stereocenters. The number of benzene rings is 1. The van der Waals surface area contributed by atoms with Crippen molar-refractivity contribution in [3.05, 3.63) is 45.4 Å². The molecule has 0 fully saturated rings. The van der Waals surface area contributed by atoms with Crippen LogP contribution in [-0.2, 0) is 12.8 Å². The quantitative estimate of drug-likeness (QED) is 0.798. The van der Waals surface area contributed by atoms with Gasteiger partial charge in [-0.05, 0) is 38.3 Å². The van der Waals surface area contributed by atoms with Crippen molar-refractivity contribution in [3.8, 4) is 0 Å². The minimum Gasteiger partial charge on any atom is -0.308 e. The fourth-order valence-electron chi connectivity index (χ4n) is 2.35. The molecule has 3 nitrogen and oxygen atoms in total. The molecule has 4 heteroatoms. The van der Waals surface area contributed by atoms with Crippen LogP contribution >= 0.6 is 11.3 Å². The van der Waals surface area contributed by atoms with E-state index in [0.29, 0.717) is 6.04 Å². The van der Waals surface area contributed by atoms with Crippen molar-refractivity contribution in [3.63, 3.8) is 0 Å². The fourth-order valence-corrected chi connectivity index (χ4v) is 3.35. The van der Waals surface area contributed by atoms with Gasteiger partial charge in [0.1, 0.15) is 10.0 Å². The van der Waals surface area contributed by atoms with Crippen molar-refractivity contribution in [1.82, 2.24) is 15.5 Å². The maximum atomic E-state index is 4.38. The second-order valence-electron chi connectivity index (χ2n) is 5.44. The fraction of sp³-hybridized carbons (Fsp3) is 0.529. The van der Waals surface area contributed by atoms with Crippen LogP contribution in [0.2, 0.25) is 0 Å². The normalized spacial score (nSPS) is 12.5. The Hall–Kier alpha value is -1.26. The molecule has 0 aliphatic carbocycles. The first-order chi connectivity index (χ1) is 10.2. The van der Waals surface area contributed by atoms with Gasteiger partial charge in [-0.3, -0.25) is 0 Å². The van der Waals surface area contributed by atoms with E-state index in [9.17, 15) is 0 Å². The minimum absolute atomic E-state index is 0.357. The van der Waals surface area contributed by atoms with E-state index in [0.717, 1.165) is 42.2 Å². The molecule has 21 heavy (non-hydrogen) atoms. The average molecular weight is 303 g/mol. The Morgan fingerprint density at radius 3 is 2.76 bits per heavy atom. The molecule has 1 N–H and O–H groups in total. The topological polar surface area (TPSA) is 37.8 Å². The van der Waals surface area contributed by atoms with Crippen molar-refractivity contribution >= 4 is 11.3 Å². The molecule has 0 aliphatic heterocycles. The lowest BCUT2D eigenvalue weighted by Crippen LogP contribution is -2.21. The molecule has 0 bridgehead atoms. The number of hydrogen-bond donors (Lipinski definition) is 1. The third-order valence-electron chi connectivity index (χ3n) is 3.54. The predicted octanol–water partition coefficient (Wildman–Crippen LogP) is 4.08. The zero-order valence-corrected chi connectivity index (χ0v) is 14.0. The number of nitrogens with zero attached hydrogens (tertiary/aromatic N) is 2. The van der Waals surface area contributed by atoms with Crippen LogP contribution in [0.5, 0.6) is 0 Å². The van der Waals surface area contributed by atoms with E-state index < -0.39 is 0 Å². The first-order valence-electron chi connectivity index (χ1n) is 7.84. The Bertz CT molecular complexity index is 550. The van der Waals surface area contributed by atoms with Gasteiger partial charge in [0, 0.05) is 6.42 Å². The first kappa shape index (κ1) is 16.1. The van der Waals surface area contributed by atoms with Crippen molar-refractivity contribution in [2.24, 2.45) is 0 Å². The van der Waals surface area contributed by atoms with Gasteiger partial charge in [-0.25, -0.2) is 0 Å². The van der Waals surface area contributed by atoms with E-state index in [4.69, 9.17) is 0 Å². The number of hydrogen-bond acceptors (Lipinski definition) is 4.